The van der Waals surface area contributed by atoms with E-state index in [0.29, 0.717) is 13.0 Å². The van der Waals surface area contributed by atoms with Crippen molar-refractivity contribution in [1.82, 2.24) is 10.7 Å². The molecular formula is C15H16BrN3O4S. The van der Waals surface area contributed by atoms with Crippen molar-refractivity contribution in [2.24, 2.45) is 5.10 Å². The lowest BCUT2D eigenvalue weighted by Crippen LogP contribution is -2.40. The van der Waals surface area contributed by atoms with E-state index in [2.05, 4.69) is 31.8 Å². The number of benzene rings is 1. The summed E-state index contributed by atoms with van der Waals surface area (Å²) in [5, 5.41) is 6.47. The number of carbonyl (C=O) groups excluding carboxylic acids is 1. The van der Waals surface area contributed by atoms with E-state index >= 15 is 0 Å². The molecule has 1 saturated heterocycles. The third-order valence-corrected chi connectivity index (χ3v) is 5.93. The molecule has 0 saturated carbocycles. The van der Waals surface area contributed by atoms with Crippen LogP contribution in [0, 0.1) is 0 Å². The number of nitrogens with one attached hydrogen (secondary N) is 2. The Labute approximate surface area is 148 Å². The Morgan fingerprint density at radius 3 is 3.00 bits per heavy atom. The van der Waals surface area contributed by atoms with Gasteiger partial charge in [0.05, 0.1) is 17.7 Å². The molecule has 1 atom stereocenters. The summed E-state index contributed by atoms with van der Waals surface area (Å²) in [5.74, 6) is 0.887. The molecule has 7 nitrogen and oxygen atoms in total. The van der Waals surface area contributed by atoms with Crippen molar-refractivity contribution in [2.75, 3.05) is 18.1 Å². The number of hydrazone groups is 1. The molecule has 1 aromatic carbocycles. The summed E-state index contributed by atoms with van der Waals surface area (Å²) in [7, 11) is -3.02. The van der Waals surface area contributed by atoms with Gasteiger partial charge in [0.25, 0.3) is 0 Å². The molecule has 1 fully saturated rings. The first kappa shape index (κ1) is 17.0. The van der Waals surface area contributed by atoms with Gasteiger partial charge in [-0.05, 0) is 30.7 Å². The molecule has 2 N–H and O–H groups in total. The molecule has 24 heavy (non-hydrogen) atoms. The standard InChI is InChI=1S/C15H16BrN3O4S/c16-12-1-2-14-11(6-12)5-10(8-23-14)7-17-19-15(20)18-13-3-4-24(21,22)9-13/h1-2,5-7,13H,3-4,8-9H2,(H2,18,19,20)/t13-/m1/s1. The largest absolute Gasteiger partial charge is 0.488 e. The van der Waals surface area contributed by atoms with Crippen molar-refractivity contribution >= 4 is 44.1 Å². The Morgan fingerprint density at radius 1 is 1.42 bits per heavy atom. The highest BCUT2D eigenvalue weighted by Crippen LogP contribution is 2.28. The molecule has 3 rings (SSSR count). The molecule has 0 bridgehead atoms. The van der Waals surface area contributed by atoms with Crippen LogP contribution in [0.15, 0.2) is 33.3 Å². The fourth-order valence-electron chi connectivity index (χ4n) is 2.54. The predicted molar refractivity (Wildman–Crippen MR) is 94.8 cm³/mol. The van der Waals surface area contributed by atoms with E-state index in [1.54, 1.807) is 0 Å². The third-order valence-electron chi connectivity index (χ3n) is 3.67. The number of sulfone groups is 1. The smallest absolute Gasteiger partial charge is 0.335 e. The molecule has 2 amide bonds. The molecule has 1 aromatic rings. The first-order valence-corrected chi connectivity index (χ1v) is 9.96. The van der Waals surface area contributed by atoms with Gasteiger partial charge in [0.2, 0.25) is 0 Å². The van der Waals surface area contributed by atoms with Crippen molar-refractivity contribution in [1.29, 1.82) is 0 Å². The number of ether oxygens (including phenoxy) is 1. The maximum atomic E-state index is 11.7. The second kappa shape index (κ2) is 6.94. The Hall–Kier alpha value is -1.87. The van der Waals surface area contributed by atoms with E-state index < -0.39 is 15.9 Å². The van der Waals surface area contributed by atoms with Gasteiger partial charge in [-0.1, -0.05) is 15.9 Å². The van der Waals surface area contributed by atoms with Crippen molar-refractivity contribution in [3.63, 3.8) is 0 Å². The van der Waals surface area contributed by atoms with E-state index in [1.807, 2.05) is 24.3 Å². The Kier molecular flexibility index (Phi) is 4.91. The monoisotopic (exact) mass is 413 g/mol. The lowest BCUT2D eigenvalue weighted by molar-refractivity contribution is 0.238. The van der Waals surface area contributed by atoms with Crippen LogP contribution in [-0.4, -0.2) is 44.8 Å². The SMILES string of the molecule is O=C(NN=CC1=Cc2cc(Br)ccc2OC1)N[C@@H]1CCS(=O)(=O)C1. The number of hydrogen-bond donors (Lipinski definition) is 2. The number of fused-ring (bicyclic) bond motifs is 1. The first-order valence-electron chi connectivity index (χ1n) is 7.34. The van der Waals surface area contributed by atoms with Crippen molar-refractivity contribution < 1.29 is 17.9 Å². The highest BCUT2D eigenvalue weighted by Gasteiger charge is 2.28. The van der Waals surface area contributed by atoms with Gasteiger partial charge < -0.3 is 10.1 Å². The van der Waals surface area contributed by atoms with Crippen LogP contribution < -0.4 is 15.5 Å². The predicted octanol–water partition coefficient (Wildman–Crippen LogP) is 1.70. The zero-order chi connectivity index (χ0) is 17.2. The van der Waals surface area contributed by atoms with E-state index in [9.17, 15) is 13.2 Å². The number of amides is 2. The quantitative estimate of drug-likeness (QED) is 0.581. The maximum Gasteiger partial charge on any atom is 0.335 e. The van der Waals surface area contributed by atoms with Gasteiger partial charge in [-0.25, -0.2) is 18.6 Å². The summed E-state index contributed by atoms with van der Waals surface area (Å²) in [6, 6.07) is 4.84. The minimum Gasteiger partial charge on any atom is -0.488 e. The summed E-state index contributed by atoms with van der Waals surface area (Å²) in [6.07, 6.45) is 3.87. The zero-order valence-electron chi connectivity index (χ0n) is 12.7. The highest BCUT2D eigenvalue weighted by atomic mass is 79.9. The van der Waals surface area contributed by atoms with E-state index in [-0.39, 0.29) is 17.5 Å². The van der Waals surface area contributed by atoms with Crippen molar-refractivity contribution in [3.8, 4) is 5.75 Å². The summed E-state index contributed by atoms with van der Waals surface area (Å²) < 4.78 is 29.2. The number of urea groups is 1. The lowest BCUT2D eigenvalue weighted by atomic mass is 10.1. The van der Waals surface area contributed by atoms with Crippen LogP contribution in [0.25, 0.3) is 6.08 Å². The van der Waals surface area contributed by atoms with Gasteiger partial charge in [0, 0.05) is 21.7 Å². The van der Waals surface area contributed by atoms with Crippen LogP contribution in [-0.2, 0) is 9.84 Å². The van der Waals surface area contributed by atoms with Crippen LogP contribution in [0.3, 0.4) is 0 Å². The Balaban J connectivity index is 1.54. The van der Waals surface area contributed by atoms with Gasteiger partial charge in [0.1, 0.15) is 12.4 Å². The normalized spacial score (nSPS) is 21.7. The molecule has 9 heteroatoms. The van der Waals surface area contributed by atoms with Crippen LogP contribution in [0.1, 0.15) is 12.0 Å². The molecule has 0 aliphatic carbocycles. The first-order chi connectivity index (χ1) is 11.4. The Morgan fingerprint density at radius 2 is 2.25 bits per heavy atom. The lowest BCUT2D eigenvalue weighted by Gasteiger charge is -2.15. The summed E-state index contributed by atoms with van der Waals surface area (Å²) in [5.41, 5.74) is 4.08. The number of rotatable bonds is 3. The number of halogens is 1. The van der Waals surface area contributed by atoms with E-state index in [4.69, 9.17) is 4.74 Å². The second-order valence-corrected chi connectivity index (χ2v) is 8.78. The topological polar surface area (TPSA) is 96.9 Å². The van der Waals surface area contributed by atoms with Crippen LogP contribution in [0.2, 0.25) is 0 Å². The average Bonchev–Trinajstić information content (AvgIpc) is 2.85. The molecule has 2 heterocycles. The molecule has 0 aromatic heterocycles. The number of hydrogen-bond acceptors (Lipinski definition) is 5. The summed E-state index contributed by atoms with van der Waals surface area (Å²) in [4.78, 5) is 11.7. The number of nitrogens with zero attached hydrogens (tertiary/aromatic N) is 1. The van der Waals surface area contributed by atoms with Crippen molar-refractivity contribution in [2.45, 2.75) is 12.5 Å². The summed E-state index contributed by atoms with van der Waals surface area (Å²) >= 11 is 3.41. The van der Waals surface area contributed by atoms with Crippen LogP contribution in [0.5, 0.6) is 5.75 Å². The van der Waals surface area contributed by atoms with Gasteiger partial charge in [-0.2, -0.15) is 5.10 Å². The minimum absolute atomic E-state index is 0.0191. The van der Waals surface area contributed by atoms with Gasteiger partial charge in [0.15, 0.2) is 9.84 Å². The molecule has 128 valence electrons. The van der Waals surface area contributed by atoms with Gasteiger partial charge >= 0.3 is 6.03 Å². The molecular weight excluding hydrogens is 398 g/mol. The average molecular weight is 414 g/mol. The molecule has 0 spiro atoms. The maximum absolute atomic E-state index is 11.7. The highest BCUT2D eigenvalue weighted by molar-refractivity contribution is 9.10. The van der Waals surface area contributed by atoms with E-state index in [1.165, 1.54) is 6.21 Å². The Bertz CT molecular complexity index is 820. The molecule has 2 aliphatic rings. The van der Waals surface area contributed by atoms with Crippen LogP contribution in [0.4, 0.5) is 4.79 Å². The fourth-order valence-corrected chi connectivity index (χ4v) is 4.59. The zero-order valence-corrected chi connectivity index (χ0v) is 15.1. The minimum atomic E-state index is -3.02. The van der Waals surface area contributed by atoms with Gasteiger partial charge in [-0.15, -0.1) is 0 Å². The molecule has 0 radical (unpaired) electrons. The fraction of sp³-hybridized carbons (Fsp3) is 0.333. The van der Waals surface area contributed by atoms with Crippen LogP contribution >= 0.6 is 15.9 Å². The van der Waals surface area contributed by atoms with E-state index in [0.717, 1.165) is 21.4 Å². The molecule has 0 unspecified atom stereocenters. The number of carbonyl (C=O) groups is 1. The second-order valence-electron chi connectivity index (χ2n) is 5.63. The van der Waals surface area contributed by atoms with Crippen molar-refractivity contribution in [3.05, 3.63) is 33.8 Å². The molecule has 2 aliphatic heterocycles. The van der Waals surface area contributed by atoms with Gasteiger partial charge in [-0.3, -0.25) is 0 Å². The summed E-state index contributed by atoms with van der Waals surface area (Å²) in [6.45, 7) is 0.363. The third kappa shape index (κ3) is 4.35.